The lowest BCUT2D eigenvalue weighted by atomic mass is 9.90. The zero-order valence-corrected chi connectivity index (χ0v) is 11.8. The number of hydrogen-bond acceptors (Lipinski definition) is 5. The van der Waals surface area contributed by atoms with Crippen LogP contribution in [-0.2, 0) is 4.74 Å². The van der Waals surface area contributed by atoms with E-state index in [1.807, 2.05) is 6.92 Å². The Bertz CT molecular complexity index is 486. The molecule has 2 heterocycles. The highest BCUT2D eigenvalue weighted by atomic mass is 32.1. The van der Waals surface area contributed by atoms with Gasteiger partial charge in [-0.25, -0.2) is 9.78 Å². The SMILES string of the molecule is Cc1sc(N2CCOC3CCCCC32)nc1C(=O)O. The van der Waals surface area contributed by atoms with Gasteiger partial charge in [-0.05, 0) is 19.8 Å². The van der Waals surface area contributed by atoms with Crippen LogP contribution < -0.4 is 4.90 Å². The number of anilines is 1. The molecule has 0 aromatic carbocycles. The van der Waals surface area contributed by atoms with Gasteiger partial charge in [0.1, 0.15) is 0 Å². The molecule has 0 bridgehead atoms. The molecule has 1 aliphatic heterocycles. The van der Waals surface area contributed by atoms with E-state index in [4.69, 9.17) is 9.84 Å². The molecule has 0 amide bonds. The maximum absolute atomic E-state index is 11.1. The first-order valence-corrected chi connectivity index (χ1v) is 7.57. The number of carbonyl (C=O) groups is 1. The quantitative estimate of drug-likeness (QED) is 0.901. The van der Waals surface area contributed by atoms with Crippen LogP contribution in [0, 0.1) is 6.92 Å². The third-order valence-electron chi connectivity index (χ3n) is 3.97. The summed E-state index contributed by atoms with van der Waals surface area (Å²) in [6.07, 6.45) is 4.96. The number of carboxylic acid groups (broad SMARTS) is 1. The van der Waals surface area contributed by atoms with Gasteiger partial charge in [-0.15, -0.1) is 11.3 Å². The van der Waals surface area contributed by atoms with Crippen LogP contribution in [0.1, 0.15) is 41.0 Å². The third kappa shape index (κ3) is 2.34. The Morgan fingerprint density at radius 1 is 1.47 bits per heavy atom. The van der Waals surface area contributed by atoms with E-state index >= 15 is 0 Å². The van der Waals surface area contributed by atoms with Gasteiger partial charge in [0.2, 0.25) is 0 Å². The van der Waals surface area contributed by atoms with Gasteiger partial charge in [0.05, 0.1) is 18.8 Å². The summed E-state index contributed by atoms with van der Waals surface area (Å²) < 4.78 is 5.84. The van der Waals surface area contributed by atoms with Crippen molar-refractivity contribution in [1.29, 1.82) is 0 Å². The zero-order valence-electron chi connectivity index (χ0n) is 11.0. The van der Waals surface area contributed by atoms with Crippen LogP contribution in [-0.4, -0.2) is 41.4 Å². The van der Waals surface area contributed by atoms with E-state index in [1.54, 1.807) is 0 Å². The molecule has 3 rings (SSSR count). The predicted octanol–water partition coefficient (Wildman–Crippen LogP) is 2.30. The van der Waals surface area contributed by atoms with Crippen molar-refractivity contribution in [3.63, 3.8) is 0 Å². The Morgan fingerprint density at radius 2 is 2.26 bits per heavy atom. The Kier molecular flexibility index (Phi) is 3.45. The monoisotopic (exact) mass is 282 g/mol. The summed E-state index contributed by atoms with van der Waals surface area (Å²) in [4.78, 5) is 18.5. The van der Waals surface area contributed by atoms with Gasteiger partial charge in [0.25, 0.3) is 0 Å². The Hall–Kier alpha value is -1.14. The van der Waals surface area contributed by atoms with Crippen LogP contribution in [0.15, 0.2) is 0 Å². The summed E-state index contributed by atoms with van der Waals surface area (Å²) in [6, 6.07) is 0.370. The highest BCUT2D eigenvalue weighted by Gasteiger charge is 2.36. The number of carboxylic acids is 1. The van der Waals surface area contributed by atoms with Crippen LogP contribution in [0.5, 0.6) is 0 Å². The average Bonchev–Trinajstić information content (AvgIpc) is 2.80. The normalized spacial score (nSPS) is 27.1. The molecule has 6 heteroatoms. The molecule has 2 unspecified atom stereocenters. The number of hydrogen-bond donors (Lipinski definition) is 1. The molecule has 1 aromatic heterocycles. The molecular formula is C13H18N2O3S. The van der Waals surface area contributed by atoms with Gasteiger partial charge < -0.3 is 14.7 Å². The molecule has 1 saturated heterocycles. The summed E-state index contributed by atoms with van der Waals surface area (Å²) in [7, 11) is 0. The number of aryl methyl sites for hydroxylation is 1. The lowest BCUT2D eigenvalue weighted by molar-refractivity contribution is -0.00869. The minimum Gasteiger partial charge on any atom is -0.476 e. The van der Waals surface area contributed by atoms with Crippen molar-refractivity contribution in [2.24, 2.45) is 0 Å². The maximum Gasteiger partial charge on any atom is 0.355 e. The topological polar surface area (TPSA) is 62.7 Å². The first-order valence-electron chi connectivity index (χ1n) is 6.76. The third-order valence-corrected chi connectivity index (χ3v) is 4.97. The first-order chi connectivity index (χ1) is 9.16. The number of nitrogens with zero attached hydrogens (tertiary/aromatic N) is 2. The van der Waals surface area contributed by atoms with Gasteiger partial charge in [0.15, 0.2) is 10.8 Å². The molecule has 2 aliphatic rings. The number of thiazole rings is 1. The van der Waals surface area contributed by atoms with E-state index in [9.17, 15) is 4.79 Å². The van der Waals surface area contributed by atoms with Crippen molar-refractivity contribution < 1.29 is 14.6 Å². The molecule has 19 heavy (non-hydrogen) atoms. The number of morpholine rings is 1. The van der Waals surface area contributed by atoms with E-state index in [0.717, 1.165) is 29.4 Å². The fourth-order valence-electron chi connectivity index (χ4n) is 3.04. The van der Waals surface area contributed by atoms with Crippen LogP contribution in [0.3, 0.4) is 0 Å². The molecule has 1 aliphatic carbocycles. The fourth-order valence-corrected chi connectivity index (χ4v) is 4.02. The summed E-state index contributed by atoms with van der Waals surface area (Å²) in [5, 5.41) is 9.95. The van der Waals surface area contributed by atoms with Gasteiger partial charge in [-0.2, -0.15) is 0 Å². The average molecular weight is 282 g/mol. The fraction of sp³-hybridized carbons (Fsp3) is 0.692. The Balaban J connectivity index is 1.87. The van der Waals surface area contributed by atoms with Gasteiger partial charge in [0, 0.05) is 11.4 Å². The number of fused-ring (bicyclic) bond motifs is 1. The summed E-state index contributed by atoms with van der Waals surface area (Å²) in [5.74, 6) is -0.937. The summed E-state index contributed by atoms with van der Waals surface area (Å²) in [6.45, 7) is 3.35. The van der Waals surface area contributed by atoms with Crippen molar-refractivity contribution in [3.05, 3.63) is 10.6 Å². The molecule has 1 N–H and O–H groups in total. The lowest BCUT2D eigenvalue weighted by Crippen LogP contribution is -2.52. The molecule has 2 fully saturated rings. The minimum atomic E-state index is -0.937. The van der Waals surface area contributed by atoms with Crippen molar-refractivity contribution in [1.82, 2.24) is 4.98 Å². The first kappa shape index (κ1) is 12.9. The Labute approximate surface area is 116 Å². The van der Waals surface area contributed by atoms with E-state index in [2.05, 4.69) is 9.88 Å². The smallest absolute Gasteiger partial charge is 0.355 e. The highest BCUT2D eigenvalue weighted by Crippen LogP contribution is 2.34. The zero-order chi connectivity index (χ0) is 13.4. The van der Waals surface area contributed by atoms with Crippen LogP contribution in [0.2, 0.25) is 0 Å². The second kappa shape index (κ2) is 5.09. The van der Waals surface area contributed by atoms with E-state index in [0.29, 0.717) is 18.8 Å². The second-order valence-electron chi connectivity index (χ2n) is 5.16. The number of aromatic carboxylic acids is 1. The van der Waals surface area contributed by atoms with Gasteiger partial charge in [-0.1, -0.05) is 12.8 Å². The predicted molar refractivity (Wildman–Crippen MR) is 73.2 cm³/mol. The van der Waals surface area contributed by atoms with Crippen LogP contribution in [0.25, 0.3) is 0 Å². The second-order valence-corrected chi connectivity index (χ2v) is 6.34. The largest absolute Gasteiger partial charge is 0.476 e. The lowest BCUT2D eigenvalue weighted by Gasteiger charge is -2.43. The molecule has 0 radical (unpaired) electrons. The summed E-state index contributed by atoms with van der Waals surface area (Å²) >= 11 is 1.48. The summed E-state index contributed by atoms with van der Waals surface area (Å²) in [5.41, 5.74) is 0.193. The van der Waals surface area contributed by atoms with E-state index in [-0.39, 0.29) is 5.69 Å². The minimum absolute atomic E-state index is 0.193. The standard InChI is InChI=1S/C13H18N2O3S/c1-8-11(12(16)17)14-13(19-8)15-6-7-18-10-5-3-2-4-9(10)15/h9-10H,2-7H2,1H3,(H,16,17). The van der Waals surface area contributed by atoms with Gasteiger partial charge >= 0.3 is 5.97 Å². The van der Waals surface area contributed by atoms with Crippen LogP contribution >= 0.6 is 11.3 Å². The van der Waals surface area contributed by atoms with Crippen molar-refractivity contribution in [2.45, 2.75) is 44.8 Å². The van der Waals surface area contributed by atoms with Crippen molar-refractivity contribution in [3.8, 4) is 0 Å². The molecule has 1 aromatic rings. The van der Waals surface area contributed by atoms with Gasteiger partial charge in [-0.3, -0.25) is 0 Å². The number of rotatable bonds is 2. The Morgan fingerprint density at radius 3 is 3.00 bits per heavy atom. The highest BCUT2D eigenvalue weighted by molar-refractivity contribution is 7.15. The van der Waals surface area contributed by atoms with E-state index < -0.39 is 5.97 Å². The van der Waals surface area contributed by atoms with Crippen LogP contribution in [0.4, 0.5) is 5.13 Å². The molecular weight excluding hydrogens is 264 g/mol. The van der Waals surface area contributed by atoms with E-state index in [1.165, 1.54) is 24.2 Å². The molecule has 1 saturated carbocycles. The van der Waals surface area contributed by atoms with Crippen molar-refractivity contribution >= 4 is 22.4 Å². The number of ether oxygens (including phenoxy) is 1. The number of aromatic nitrogens is 1. The molecule has 2 atom stereocenters. The molecule has 5 nitrogen and oxygen atoms in total. The maximum atomic E-state index is 11.1. The van der Waals surface area contributed by atoms with Crippen molar-refractivity contribution in [2.75, 3.05) is 18.1 Å². The molecule has 0 spiro atoms. The molecule has 104 valence electrons.